The van der Waals surface area contributed by atoms with Crippen LogP contribution in [0.1, 0.15) is 21.7 Å². The summed E-state index contributed by atoms with van der Waals surface area (Å²) in [5.74, 6) is -0.196. The minimum Gasteiger partial charge on any atom is -0.321 e. The molecule has 4 heteroatoms. The molecular weight excluding hydrogens is 250 g/mol. The molecule has 2 aromatic heterocycles. The molecule has 100 valence electrons. The smallest absolute Gasteiger partial charge is 0.275 e. The van der Waals surface area contributed by atoms with Crippen LogP contribution in [0.25, 0.3) is 5.65 Å². The Labute approximate surface area is 117 Å². The zero-order valence-electron chi connectivity index (χ0n) is 11.4. The first-order chi connectivity index (χ1) is 9.63. The predicted octanol–water partition coefficient (Wildman–Crippen LogP) is 3.20. The van der Waals surface area contributed by atoms with Gasteiger partial charge in [-0.15, -0.1) is 0 Å². The quantitative estimate of drug-likeness (QED) is 0.773. The van der Waals surface area contributed by atoms with Crippen LogP contribution in [-0.2, 0) is 0 Å². The third kappa shape index (κ3) is 2.28. The lowest BCUT2D eigenvalue weighted by molar-refractivity contribution is 0.102. The van der Waals surface area contributed by atoms with Gasteiger partial charge in [-0.1, -0.05) is 18.2 Å². The van der Waals surface area contributed by atoms with Crippen molar-refractivity contribution < 1.29 is 4.79 Å². The van der Waals surface area contributed by atoms with Gasteiger partial charge in [-0.2, -0.15) is 0 Å². The number of anilines is 1. The first-order valence-corrected chi connectivity index (χ1v) is 6.46. The van der Waals surface area contributed by atoms with Crippen LogP contribution in [0.2, 0.25) is 0 Å². The number of aromatic nitrogens is 2. The number of hydrogen-bond acceptors (Lipinski definition) is 2. The van der Waals surface area contributed by atoms with Gasteiger partial charge in [-0.25, -0.2) is 4.98 Å². The lowest BCUT2D eigenvalue weighted by Crippen LogP contribution is -2.12. The number of benzene rings is 1. The molecule has 0 radical (unpaired) electrons. The number of pyridine rings is 1. The van der Waals surface area contributed by atoms with Crippen molar-refractivity contribution >= 4 is 17.2 Å². The van der Waals surface area contributed by atoms with E-state index in [1.807, 2.05) is 60.7 Å². The molecule has 3 rings (SSSR count). The molecule has 0 bridgehead atoms. The van der Waals surface area contributed by atoms with E-state index in [4.69, 9.17) is 0 Å². The number of nitrogens with one attached hydrogen (secondary N) is 1. The van der Waals surface area contributed by atoms with Gasteiger partial charge in [0.15, 0.2) is 0 Å². The Kier molecular flexibility index (Phi) is 2.99. The number of carbonyl (C=O) groups excluding carboxylic acids is 1. The summed E-state index contributed by atoms with van der Waals surface area (Å²) in [6.45, 7) is 3.97. The summed E-state index contributed by atoms with van der Waals surface area (Å²) in [4.78, 5) is 16.6. The highest BCUT2D eigenvalue weighted by Crippen LogP contribution is 2.13. The lowest BCUT2D eigenvalue weighted by Gasteiger charge is -2.03. The number of amides is 1. The van der Waals surface area contributed by atoms with Crippen molar-refractivity contribution in [1.29, 1.82) is 0 Å². The first kappa shape index (κ1) is 12.4. The van der Waals surface area contributed by atoms with Gasteiger partial charge < -0.3 is 9.72 Å². The second-order valence-corrected chi connectivity index (χ2v) is 4.85. The van der Waals surface area contributed by atoms with Gasteiger partial charge in [-0.3, -0.25) is 4.79 Å². The minimum absolute atomic E-state index is 0.196. The van der Waals surface area contributed by atoms with E-state index in [1.54, 1.807) is 6.20 Å². The average molecular weight is 265 g/mol. The number of hydrogen-bond donors (Lipinski definition) is 1. The highest BCUT2D eigenvalue weighted by Gasteiger charge is 2.11. The van der Waals surface area contributed by atoms with Crippen LogP contribution in [0, 0.1) is 13.8 Å². The molecule has 3 aromatic rings. The van der Waals surface area contributed by atoms with E-state index in [9.17, 15) is 4.79 Å². The lowest BCUT2D eigenvalue weighted by atomic mass is 10.2. The minimum atomic E-state index is -0.196. The largest absolute Gasteiger partial charge is 0.321 e. The number of carbonyl (C=O) groups is 1. The second-order valence-electron chi connectivity index (χ2n) is 4.85. The van der Waals surface area contributed by atoms with Crippen molar-refractivity contribution in [3.8, 4) is 0 Å². The third-order valence-corrected chi connectivity index (χ3v) is 3.20. The molecule has 0 aliphatic heterocycles. The third-order valence-electron chi connectivity index (χ3n) is 3.20. The average Bonchev–Trinajstić information content (AvgIpc) is 2.84. The standard InChI is InChI=1S/C16H15N3O/c1-11-5-3-7-13(9-11)17-16(20)14-10-19-12(2)6-4-8-15(19)18-14/h3-10H,1-2H3,(H,17,20). The number of fused-ring (bicyclic) bond motifs is 1. The van der Waals surface area contributed by atoms with Gasteiger partial charge in [0, 0.05) is 17.6 Å². The van der Waals surface area contributed by atoms with E-state index in [2.05, 4.69) is 10.3 Å². The van der Waals surface area contributed by atoms with Crippen LogP contribution in [0.3, 0.4) is 0 Å². The summed E-state index contributed by atoms with van der Waals surface area (Å²) < 4.78 is 1.91. The molecule has 20 heavy (non-hydrogen) atoms. The fraction of sp³-hybridized carbons (Fsp3) is 0.125. The molecule has 1 amide bonds. The van der Waals surface area contributed by atoms with E-state index >= 15 is 0 Å². The van der Waals surface area contributed by atoms with Crippen LogP contribution in [-0.4, -0.2) is 15.3 Å². The maximum atomic E-state index is 12.2. The molecule has 0 atom stereocenters. The highest BCUT2D eigenvalue weighted by molar-refractivity contribution is 6.03. The van der Waals surface area contributed by atoms with Crippen molar-refractivity contribution in [1.82, 2.24) is 9.38 Å². The molecular formula is C16H15N3O. The zero-order chi connectivity index (χ0) is 14.1. The van der Waals surface area contributed by atoms with Gasteiger partial charge in [-0.05, 0) is 43.7 Å². The summed E-state index contributed by atoms with van der Waals surface area (Å²) in [5.41, 5.74) is 4.13. The monoisotopic (exact) mass is 265 g/mol. The molecule has 0 saturated carbocycles. The number of imidazole rings is 1. The number of rotatable bonds is 2. The first-order valence-electron chi connectivity index (χ1n) is 6.46. The van der Waals surface area contributed by atoms with E-state index < -0.39 is 0 Å². The molecule has 4 nitrogen and oxygen atoms in total. The van der Waals surface area contributed by atoms with Gasteiger partial charge in [0.1, 0.15) is 11.3 Å². The maximum absolute atomic E-state index is 12.2. The number of aryl methyl sites for hydroxylation is 2. The summed E-state index contributed by atoms with van der Waals surface area (Å²) in [7, 11) is 0. The SMILES string of the molecule is Cc1cccc(NC(=O)c2cn3c(C)cccc3n2)c1. The molecule has 0 fully saturated rings. The van der Waals surface area contributed by atoms with Gasteiger partial charge in [0.25, 0.3) is 5.91 Å². The number of nitrogens with zero attached hydrogens (tertiary/aromatic N) is 2. The molecule has 1 N–H and O–H groups in total. The van der Waals surface area contributed by atoms with Crippen LogP contribution in [0.4, 0.5) is 5.69 Å². The van der Waals surface area contributed by atoms with E-state index in [0.29, 0.717) is 5.69 Å². The fourth-order valence-corrected chi connectivity index (χ4v) is 2.18. The Morgan fingerprint density at radius 3 is 2.70 bits per heavy atom. The van der Waals surface area contributed by atoms with Crippen molar-refractivity contribution in [2.24, 2.45) is 0 Å². The molecule has 2 heterocycles. The Morgan fingerprint density at radius 1 is 1.15 bits per heavy atom. The van der Waals surface area contributed by atoms with Crippen molar-refractivity contribution in [2.45, 2.75) is 13.8 Å². The molecule has 0 aliphatic rings. The highest BCUT2D eigenvalue weighted by atomic mass is 16.1. The molecule has 0 unspecified atom stereocenters. The van der Waals surface area contributed by atoms with Gasteiger partial charge >= 0.3 is 0 Å². The second kappa shape index (κ2) is 4.81. The topological polar surface area (TPSA) is 46.4 Å². The van der Waals surface area contributed by atoms with E-state index in [-0.39, 0.29) is 5.91 Å². The van der Waals surface area contributed by atoms with Crippen LogP contribution in [0.15, 0.2) is 48.7 Å². The molecule has 0 saturated heterocycles. The Morgan fingerprint density at radius 2 is 1.95 bits per heavy atom. The molecule has 0 spiro atoms. The summed E-state index contributed by atoms with van der Waals surface area (Å²) in [5, 5.41) is 2.86. The Bertz CT molecular complexity index is 789. The summed E-state index contributed by atoms with van der Waals surface area (Å²) in [6.07, 6.45) is 1.76. The van der Waals surface area contributed by atoms with Gasteiger partial charge in [0.05, 0.1) is 0 Å². The fourth-order valence-electron chi connectivity index (χ4n) is 2.18. The Balaban J connectivity index is 1.91. The Hall–Kier alpha value is -2.62. The van der Waals surface area contributed by atoms with Crippen LogP contribution >= 0.6 is 0 Å². The summed E-state index contributed by atoms with van der Waals surface area (Å²) in [6, 6.07) is 13.5. The summed E-state index contributed by atoms with van der Waals surface area (Å²) >= 11 is 0. The van der Waals surface area contributed by atoms with Gasteiger partial charge in [0.2, 0.25) is 0 Å². The van der Waals surface area contributed by atoms with E-state index in [0.717, 1.165) is 22.6 Å². The van der Waals surface area contributed by atoms with Crippen molar-refractivity contribution in [3.63, 3.8) is 0 Å². The molecule has 1 aromatic carbocycles. The van der Waals surface area contributed by atoms with Crippen LogP contribution in [0.5, 0.6) is 0 Å². The predicted molar refractivity (Wildman–Crippen MR) is 79.1 cm³/mol. The zero-order valence-corrected chi connectivity index (χ0v) is 11.4. The maximum Gasteiger partial charge on any atom is 0.275 e. The van der Waals surface area contributed by atoms with Crippen molar-refractivity contribution in [3.05, 3.63) is 65.6 Å². The van der Waals surface area contributed by atoms with E-state index in [1.165, 1.54) is 0 Å². The van der Waals surface area contributed by atoms with Crippen molar-refractivity contribution in [2.75, 3.05) is 5.32 Å². The normalized spacial score (nSPS) is 10.7. The molecule has 0 aliphatic carbocycles. The van der Waals surface area contributed by atoms with Crippen LogP contribution < -0.4 is 5.32 Å².